The molecule has 5 heteroatoms. The van der Waals surface area contributed by atoms with Gasteiger partial charge in [-0.1, -0.05) is 36.4 Å². The van der Waals surface area contributed by atoms with E-state index < -0.39 is 0 Å². The van der Waals surface area contributed by atoms with E-state index in [1.54, 1.807) is 38.4 Å². The first-order valence-corrected chi connectivity index (χ1v) is 6.97. The highest BCUT2D eigenvalue weighted by Crippen LogP contribution is 2.16. The third kappa shape index (κ3) is 4.63. The van der Waals surface area contributed by atoms with Gasteiger partial charge in [0.1, 0.15) is 0 Å². The van der Waals surface area contributed by atoms with Crippen molar-refractivity contribution in [2.75, 3.05) is 24.7 Å². The number of rotatable bonds is 4. The molecule has 0 fully saturated rings. The molecule has 0 atom stereocenters. The molecule has 0 spiro atoms. The van der Waals surface area contributed by atoms with E-state index >= 15 is 0 Å². The van der Waals surface area contributed by atoms with Crippen LogP contribution < -0.4 is 10.6 Å². The van der Waals surface area contributed by atoms with Crippen molar-refractivity contribution in [1.82, 2.24) is 4.90 Å². The maximum atomic E-state index is 12.0. The largest absolute Gasteiger partial charge is 0.331 e. The van der Waals surface area contributed by atoms with Crippen LogP contribution in [-0.2, 0) is 11.2 Å². The topological polar surface area (TPSA) is 61.4 Å². The second kappa shape index (κ2) is 7.26. The monoisotopic (exact) mass is 297 g/mol. The Morgan fingerprint density at radius 3 is 2.18 bits per heavy atom. The van der Waals surface area contributed by atoms with Crippen LogP contribution in [0.25, 0.3) is 0 Å². The van der Waals surface area contributed by atoms with E-state index in [1.807, 2.05) is 30.3 Å². The summed E-state index contributed by atoms with van der Waals surface area (Å²) in [5, 5.41) is 5.57. The van der Waals surface area contributed by atoms with Crippen LogP contribution >= 0.6 is 0 Å². The minimum atomic E-state index is -0.215. The molecule has 0 saturated heterocycles. The molecule has 2 rings (SSSR count). The molecular formula is C17H19N3O2. The van der Waals surface area contributed by atoms with Crippen LogP contribution in [0.5, 0.6) is 0 Å². The Labute approximate surface area is 129 Å². The van der Waals surface area contributed by atoms with Crippen molar-refractivity contribution in [1.29, 1.82) is 0 Å². The molecule has 0 radical (unpaired) electrons. The van der Waals surface area contributed by atoms with Crippen molar-refractivity contribution in [3.8, 4) is 0 Å². The van der Waals surface area contributed by atoms with Crippen LogP contribution in [0, 0.1) is 0 Å². The average molecular weight is 297 g/mol. The number of urea groups is 1. The SMILES string of the molecule is CN(C)C(=O)Nc1cccc(NC(=O)Cc2ccccc2)c1. The lowest BCUT2D eigenvalue weighted by Gasteiger charge is -2.13. The molecule has 2 N–H and O–H groups in total. The van der Waals surface area contributed by atoms with Crippen molar-refractivity contribution in [2.45, 2.75) is 6.42 Å². The highest BCUT2D eigenvalue weighted by atomic mass is 16.2. The summed E-state index contributed by atoms with van der Waals surface area (Å²) in [6.07, 6.45) is 0.315. The quantitative estimate of drug-likeness (QED) is 0.911. The van der Waals surface area contributed by atoms with Crippen molar-refractivity contribution < 1.29 is 9.59 Å². The summed E-state index contributed by atoms with van der Waals surface area (Å²) in [6.45, 7) is 0. The Balaban J connectivity index is 1.98. The summed E-state index contributed by atoms with van der Waals surface area (Å²) in [4.78, 5) is 25.1. The predicted octanol–water partition coefficient (Wildman–Crippen LogP) is 2.96. The molecule has 114 valence electrons. The zero-order valence-electron chi connectivity index (χ0n) is 12.7. The number of hydrogen-bond donors (Lipinski definition) is 2. The van der Waals surface area contributed by atoms with E-state index in [-0.39, 0.29) is 11.9 Å². The van der Waals surface area contributed by atoms with E-state index in [4.69, 9.17) is 0 Å². The smallest absolute Gasteiger partial charge is 0.321 e. The minimum Gasteiger partial charge on any atom is -0.331 e. The fourth-order valence-electron chi connectivity index (χ4n) is 1.90. The van der Waals surface area contributed by atoms with Crippen LogP contribution in [-0.4, -0.2) is 30.9 Å². The van der Waals surface area contributed by atoms with Gasteiger partial charge in [0.2, 0.25) is 5.91 Å². The summed E-state index contributed by atoms with van der Waals surface area (Å²) in [6, 6.07) is 16.4. The van der Waals surface area contributed by atoms with Gasteiger partial charge in [-0.25, -0.2) is 4.79 Å². The van der Waals surface area contributed by atoms with Crippen molar-refractivity contribution in [3.05, 3.63) is 60.2 Å². The Morgan fingerprint density at radius 2 is 1.55 bits per heavy atom. The van der Waals surface area contributed by atoms with Gasteiger partial charge in [0.25, 0.3) is 0 Å². The maximum Gasteiger partial charge on any atom is 0.321 e. The molecule has 0 saturated carbocycles. The first-order chi connectivity index (χ1) is 10.5. The molecule has 0 unspecified atom stereocenters. The number of carbonyl (C=O) groups is 2. The Morgan fingerprint density at radius 1 is 0.909 bits per heavy atom. The molecule has 0 aliphatic heterocycles. The molecule has 0 aromatic heterocycles. The zero-order valence-corrected chi connectivity index (χ0v) is 12.7. The van der Waals surface area contributed by atoms with Crippen molar-refractivity contribution in [2.24, 2.45) is 0 Å². The van der Waals surface area contributed by atoms with Crippen molar-refractivity contribution in [3.63, 3.8) is 0 Å². The molecule has 3 amide bonds. The Hall–Kier alpha value is -2.82. The van der Waals surface area contributed by atoms with E-state index in [1.165, 1.54) is 4.90 Å². The fraction of sp³-hybridized carbons (Fsp3) is 0.176. The molecule has 0 bridgehead atoms. The summed E-state index contributed by atoms with van der Waals surface area (Å²) >= 11 is 0. The summed E-state index contributed by atoms with van der Waals surface area (Å²) < 4.78 is 0. The van der Waals surface area contributed by atoms with Gasteiger partial charge >= 0.3 is 6.03 Å². The molecule has 2 aromatic carbocycles. The molecule has 0 aliphatic carbocycles. The zero-order chi connectivity index (χ0) is 15.9. The number of amides is 3. The van der Waals surface area contributed by atoms with E-state index in [9.17, 15) is 9.59 Å². The molecule has 22 heavy (non-hydrogen) atoms. The molecule has 5 nitrogen and oxygen atoms in total. The van der Waals surface area contributed by atoms with E-state index in [0.29, 0.717) is 17.8 Å². The summed E-state index contributed by atoms with van der Waals surface area (Å²) in [7, 11) is 3.33. The molecule has 0 heterocycles. The van der Waals surface area contributed by atoms with Crippen molar-refractivity contribution >= 4 is 23.3 Å². The fourth-order valence-corrected chi connectivity index (χ4v) is 1.90. The lowest BCUT2D eigenvalue weighted by Crippen LogP contribution is -2.27. The lowest BCUT2D eigenvalue weighted by molar-refractivity contribution is -0.115. The lowest BCUT2D eigenvalue weighted by atomic mass is 10.1. The second-order valence-corrected chi connectivity index (χ2v) is 5.12. The molecule has 2 aromatic rings. The number of anilines is 2. The number of nitrogens with one attached hydrogen (secondary N) is 2. The highest BCUT2D eigenvalue weighted by molar-refractivity contribution is 5.94. The Kier molecular flexibility index (Phi) is 5.14. The van der Waals surface area contributed by atoms with Crippen LogP contribution in [0.4, 0.5) is 16.2 Å². The predicted molar refractivity (Wildman–Crippen MR) is 87.9 cm³/mol. The van der Waals surface area contributed by atoms with Gasteiger partial charge in [0, 0.05) is 25.5 Å². The van der Waals surface area contributed by atoms with Gasteiger partial charge in [-0.15, -0.1) is 0 Å². The first-order valence-electron chi connectivity index (χ1n) is 6.97. The van der Waals surface area contributed by atoms with E-state index in [2.05, 4.69) is 10.6 Å². The third-order valence-electron chi connectivity index (χ3n) is 3.01. The van der Waals surface area contributed by atoms with Crippen LogP contribution in [0.15, 0.2) is 54.6 Å². The average Bonchev–Trinajstić information content (AvgIpc) is 2.48. The van der Waals surface area contributed by atoms with Gasteiger partial charge in [0.05, 0.1) is 6.42 Å². The van der Waals surface area contributed by atoms with E-state index in [0.717, 1.165) is 5.56 Å². The van der Waals surface area contributed by atoms with Crippen LogP contribution in [0.2, 0.25) is 0 Å². The summed E-state index contributed by atoms with van der Waals surface area (Å²) in [5.41, 5.74) is 2.24. The Bertz CT molecular complexity index is 654. The summed E-state index contributed by atoms with van der Waals surface area (Å²) in [5.74, 6) is -0.0951. The van der Waals surface area contributed by atoms with Gasteiger partial charge in [-0.2, -0.15) is 0 Å². The van der Waals surface area contributed by atoms with Gasteiger partial charge in [0.15, 0.2) is 0 Å². The van der Waals surface area contributed by atoms with Gasteiger partial charge in [-0.05, 0) is 23.8 Å². The van der Waals surface area contributed by atoms with Gasteiger partial charge < -0.3 is 15.5 Å². The molecule has 0 aliphatic rings. The number of benzene rings is 2. The second-order valence-electron chi connectivity index (χ2n) is 5.12. The molecular weight excluding hydrogens is 278 g/mol. The first kappa shape index (κ1) is 15.6. The van der Waals surface area contributed by atoms with Gasteiger partial charge in [-0.3, -0.25) is 4.79 Å². The third-order valence-corrected chi connectivity index (χ3v) is 3.01. The maximum absolute atomic E-state index is 12.0. The van der Waals surface area contributed by atoms with Crippen LogP contribution in [0.1, 0.15) is 5.56 Å². The minimum absolute atomic E-state index is 0.0951. The normalized spacial score (nSPS) is 9.91. The van der Waals surface area contributed by atoms with Crippen LogP contribution in [0.3, 0.4) is 0 Å². The standard InChI is InChI=1S/C17H19N3O2/c1-20(2)17(22)19-15-10-6-9-14(12-15)18-16(21)11-13-7-4-3-5-8-13/h3-10,12H,11H2,1-2H3,(H,18,21)(H,19,22). The number of carbonyl (C=O) groups excluding carboxylic acids is 2. The number of hydrogen-bond acceptors (Lipinski definition) is 2. The highest BCUT2D eigenvalue weighted by Gasteiger charge is 2.06. The number of nitrogens with zero attached hydrogens (tertiary/aromatic N) is 1.